The Morgan fingerprint density at radius 2 is 1.16 bits per heavy atom. The van der Waals surface area contributed by atoms with Crippen LogP contribution in [0.15, 0.2) is 72.8 Å². The van der Waals surface area contributed by atoms with Gasteiger partial charge in [0.1, 0.15) is 0 Å². The van der Waals surface area contributed by atoms with E-state index in [-0.39, 0.29) is 23.0 Å². The number of rotatable bonds is 5. The van der Waals surface area contributed by atoms with Crippen molar-refractivity contribution in [2.45, 2.75) is 0 Å². The van der Waals surface area contributed by atoms with E-state index >= 15 is 0 Å². The van der Waals surface area contributed by atoms with Crippen molar-refractivity contribution in [2.75, 3.05) is 0 Å². The molecule has 6 heteroatoms. The van der Waals surface area contributed by atoms with E-state index in [4.69, 9.17) is 0 Å². The fourth-order valence-electron chi connectivity index (χ4n) is 3.04. The number of hydrogen-bond donors (Lipinski definition) is 4. The lowest BCUT2D eigenvalue weighted by molar-refractivity contribution is 0.403. The predicted molar refractivity (Wildman–Crippen MR) is 121 cm³/mol. The highest BCUT2D eigenvalue weighted by atomic mass is 16.3. The number of para-hydroxylation sites is 1. The maximum atomic E-state index is 9.70. The lowest BCUT2D eigenvalue weighted by Crippen LogP contribution is -1.98. The van der Waals surface area contributed by atoms with Crippen LogP contribution in [0.5, 0.6) is 23.0 Å². The van der Waals surface area contributed by atoms with Crippen LogP contribution in [0.2, 0.25) is 0 Å². The minimum atomic E-state index is -0.183. The van der Waals surface area contributed by atoms with E-state index in [0.29, 0.717) is 5.69 Å². The average molecular weight is 412 g/mol. The maximum absolute atomic E-state index is 9.70. The molecule has 0 spiro atoms. The summed E-state index contributed by atoms with van der Waals surface area (Å²) in [6, 6.07) is 20.8. The molecule has 1 aromatic heterocycles. The van der Waals surface area contributed by atoms with Crippen LogP contribution in [0, 0.1) is 0 Å². The number of aromatic nitrogens is 2. The number of phenolic OH excluding ortho intramolecular Hbond substituents is 4. The highest BCUT2D eigenvalue weighted by Gasteiger charge is 2.07. The van der Waals surface area contributed by atoms with Gasteiger partial charge in [-0.15, -0.1) is 0 Å². The lowest BCUT2D eigenvalue weighted by Gasteiger charge is -2.04. The maximum Gasteiger partial charge on any atom is 0.157 e. The molecule has 0 fully saturated rings. The molecule has 4 aromatic rings. The summed E-state index contributed by atoms with van der Waals surface area (Å²) >= 11 is 0. The Kier molecular flexibility index (Phi) is 5.45. The molecule has 0 aliphatic rings. The first-order chi connectivity index (χ1) is 15.0. The summed E-state index contributed by atoms with van der Waals surface area (Å²) in [4.78, 5) is 0. The Balaban J connectivity index is 1.68. The molecule has 0 saturated heterocycles. The Morgan fingerprint density at radius 3 is 1.74 bits per heavy atom. The minimum absolute atomic E-state index is 0.167. The van der Waals surface area contributed by atoms with Crippen molar-refractivity contribution in [1.29, 1.82) is 0 Å². The minimum Gasteiger partial charge on any atom is -0.504 e. The molecule has 1 heterocycles. The van der Waals surface area contributed by atoms with Crippen LogP contribution in [0.1, 0.15) is 22.5 Å². The normalized spacial score (nSPS) is 11.5. The summed E-state index contributed by atoms with van der Waals surface area (Å²) in [7, 11) is 0. The molecular weight excluding hydrogens is 392 g/mol. The molecule has 0 aliphatic heterocycles. The molecule has 0 unspecified atom stereocenters. The number of nitrogens with zero attached hydrogens (tertiary/aromatic N) is 2. The Bertz CT molecular complexity index is 1270. The van der Waals surface area contributed by atoms with E-state index < -0.39 is 0 Å². The summed E-state index contributed by atoms with van der Waals surface area (Å²) in [5.41, 5.74) is 3.85. The van der Waals surface area contributed by atoms with Crippen LogP contribution in [0.3, 0.4) is 0 Å². The van der Waals surface area contributed by atoms with E-state index in [2.05, 4.69) is 5.10 Å². The van der Waals surface area contributed by atoms with Crippen LogP contribution in [0.25, 0.3) is 30.0 Å². The monoisotopic (exact) mass is 412 g/mol. The third-order valence-corrected chi connectivity index (χ3v) is 4.65. The molecule has 0 radical (unpaired) electrons. The predicted octanol–water partition coefficient (Wildman–Crippen LogP) is 5.04. The summed E-state index contributed by atoms with van der Waals surface area (Å²) in [5.74, 6) is -0.699. The van der Waals surface area contributed by atoms with Gasteiger partial charge in [-0.25, -0.2) is 4.68 Å². The van der Waals surface area contributed by atoms with Gasteiger partial charge in [0, 0.05) is 0 Å². The molecule has 4 N–H and O–H groups in total. The molecular formula is C25H20N2O4. The first-order valence-electron chi connectivity index (χ1n) is 9.55. The summed E-state index contributed by atoms with van der Waals surface area (Å²) in [6.45, 7) is 0. The van der Waals surface area contributed by atoms with Gasteiger partial charge >= 0.3 is 0 Å². The summed E-state index contributed by atoms with van der Waals surface area (Å²) in [5, 5.41) is 43.0. The van der Waals surface area contributed by atoms with Gasteiger partial charge in [-0.2, -0.15) is 5.10 Å². The van der Waals surface area contributed by atoms with Crippen LogP contribution >= 0.6 is 0 Å². The summed E-state index contributed by atoms with van der Waals surface area (Å²) < 4.78 is 1.80. The zero-order valence-corrected chi connectivity index (χ0v) is 16.4. The van der Waals surface area contributed by atoms with Crippen LogP contribution in [0.4, 0.5) is 0 Å². The van der Waals surface area contributed by atoms with E-state index in [1.54, 1.807) is 22.9 Å². The first-order valence-corrected chi connectivity index (χ1v) is 9.55. The lowest BCUT2D eigenvalue weighted by atomic mass is 10.1. The molecule has 154 valence electrons. The second kappa shape index (κ2) is 8.51. The smallest absolute Gasteiger partial charge is 0.157 e. The second-order valence-electron chi connectivity index (χ2n) is 6.90. The van der Waals surface area contributed by atoms with E-state index in [0.717, 1.165) is 22.5 Å². The molecule has 0 aliphatic carbocycles. The number of benzene rings is 3. The van der Waals surface area contributed by atoms with Crippen molar-refractivity contribution in [2.24, 2.45) is 0 Å². The standard InChI is InChI=1S/C25H20N2O4/c28-22-12-8-17(14-24(22)30)6-10-19-16-21(27(26-19)20-4-2-1-3-5-20)11-7-18-9-13-23(29)25(31)15-18/h1-16,28-31H/b10-6+,11-7+. The zero-order chi connectivity index (χ0) is 21.8. The molecule has 6 nitrogen and oxygen atoms in total. The molecule has 31 heavy (non-hydrogen) atoms. The Hall–Kier alpha value is -4.45. The van der Waals surface area contributed by atoms with Gasteiger partial charge in [0.15, 0.2) is 23.0 Å². The van der Waals surface area contributed by atoms with Gasteiger partial charge in [0.05, 0.1) is 17.1 Å². The molecule has 0 amide bonds. The van der Waals surface area contributed by atoms with E-state index in [1.165, 1.54) is 24.3 Å². The van der Waals surface area contributed by atoms with Crippen LogP contribution in [-0.2, 0) is 0 Å². The molecule has 0 bridgehead atoms. The van der Waals surface area contributed by atoms with Gasteiger partial charge in [0.2, 0.25) is 0 Å². The number of hydrogen-bond acceptors (Lipinski definition) is 5. The zero-order valence-electron chi connectivity index (χ0n) is 16.4. The topological polar surface area (TPSA) is 98.7 Å². The third-order valence-electron chi connectivity index (χ3n) is 4.65. The van der Waals surface area contributed by atoms with Gasteiger partial charge < -0.3 is 20.4 Å². The Morgan fingerprint density at radius 1 is 0.581 bits per heavy atom. The van der Waals surface area contributed by atoms with Gasteiger partial charge in [-0.3, -0.25) is 0 Å². The van der Waals surface area contributed by atoms with Crippen molar-refractivity contribution in [3.63, 3.8) is 0 Å². The second-order valence-corrected chi connectivity index (χ2v) is 6.90. The molecule has 3 aromatic carbocycles. The first kappa shape index (κ1) is 19.8. The van der Waals surface area contributed by atoms with Gasteiger partial charge in [-0.05, 0) is 65.7 Å². The van der Waals surface area contributed by atoms with Crippen molar-refractivity contribution < 1.29 is 20.4 Å². The molecule has 0 atom stereocenters. The fourth-order valence-corrected chi connectivity index (χ4v) is 3.04. The largest absolute Gasteiger partial charge is 0.504 e. The van der Waals surface area contributed by atoms with Crippen molar-refractivity contribution >= 4 is 24.3 Å². The average Bonchev–Trinajstić information content (AvgIpc) is 3.19. The summed E-state index contributed by atoms with van der Waals surface area (Å²) in [6.07, 6.45) is 7.30. The van der Waals surface area contributed by atoms with Gasteiger partial charge in [-0.1, -0.05) is 42.5 Å². The van der Waals surface area contributed by atoms with Crippen LogP contribution in [-0.4, -0.2) is 30.2 Å². The van der Waals surface area contributed by atoms with E-state index in [1.807, 2.05) is 54.6 Å². The fraction of sp³-hybridized carbons (Fsp3) is 0. The Labute approximate surface area is 178 Å². The third kappa shape index (κ3) is 4.59. The van der Waals surface area contributed by atoms with Crippen molar-refractivity contribution in [3.8, 4) is 28.7 Å². The number of phenols is 4. The quantitative estimate of drug-likeness (QED) is 0.345. The van der Waals surface area contributed by atoms with E-state index in [9.17, 15) is 20.4 Å². The van der Waals surface area contributed by atoms with Crippen LogP contribution < -0.4 is 0 Å². The van der Waals surface area contributed by atoms with Crippen molar-refractivity contribution in [1.82, 2.24) is 9.78 Å². The molecule has 0 saturated carbocycles. The SMILES string of the molecule is Oc1ccc(/C=C/c2cc(/C=C/c3ccc(O)c(O)c3)n(-c3ccccc3)n2)cc1O. The highest BCUT2D eigenvalue weighted by molar-refractivity contribution is 5.74. The highest BCUT2D eigenvalue weighted by Crippen LogP contribution is 2.27. The molecule has 4 rings (SSSR count). The number of aromatic hydroxyl groups is 4. The van der Waals surface area contributed by atoms with Gasteiger partial charge in [0.25, 0.3) is 0 Å². The van der Waals surface area contributed by atoms with Crippen molar-refractivity contribution in [3.05, 3.63) is 95.3 Å².